The van der Waals surface area contributed by atoms with Crippen molar-refractivity contribution in [2.75, 3.05) is 12.4 Å². The van der Waals surface area contributed by atoms with Crippen molar-refractivity contribution < 1.29 is 19.1 Å². The Morgan fingerprint density at radius 3 is 2.39 bits per heavy atom. The Labute approximate surface area is 166 Å². The number of methoxy groups -OCH3 is 1. The summed E-state index contributed by atoms with van der Waals surface area (Å²) in [6.07, 6.45) is 0.904. The highest BCUT2D eigenvalue weighted by molar-refractivity contribution is 7.13. The topological polar surface area (TPSA) is 90.4 Å². The van der Waals surface area contributed by atoms with Gasteiger partial charge in [-0.15, -0.1) is 10.2 Å². The summed E-state index contributed by atoms with van der Waals surface area (Å²) in [5, 5.41) is 11.1. The molecule has 0 fully saturated rings. The van der Waals surface area contributed by atoms with E-state index < -0.39 is 5.97 Å². The molecule has 1 heterocycles. The zero-order valence-corrected chi connectivity index (χ0v) is 16.3. The van der Waals surface area contributed by atoms with Crippen LogP contribution in [0.15, 0.2) is 48.5 Å². The van der Waals surface area contributed by atoms with Crippen molar-refractivity contribution in [3.05, 3.63) is 69.7 Å². The molecule has 0 radical (unpaired) electrons. The third-order valence-corrected chi connectivity index (χ3v) is 4.83. The van der Waals surface area contributed by atoms with Crippen LogP contribution in [0.3, 0.4) is 0 Å². The number of rotatable bonds is 7. The van der Waals surface area contributed by atoms with E-state index in [1.54, 1.807) is 43.5 Å². The Bertz CT molecular complexity index is 952. The van der Waals surface area contributed by atoms with Gasteiger partial charge >= 0.3 is 5.97 Å². The standard InChI is InChI=1S/C20H19N3O4S/c1-3-13-4-6-14(7-5-13)20(25)27-12-17-22-23-19(28-17)18(24)21-15-8-10-16(26-2)11-9-15/h4-11H,3,12H2,1-2H3,(H,21,24). The molecule has 1 aromatic heterocycles. The fourth-order valence-corrected chi connectivity index (χ4v) is 3.00. The highest BCUT2D eigenvalue weighted by Crippen LogP contribution is 2.18. The lowest BCUT2D eigenvalue weighted by Gasteiger charge is -2.04. The lowest BCUT2D eigenvalue weighted by atomic mass is 10.1. The first kappa shape index (κ1) is 19.5. The molecule has 28 heavy (non-hydrogen) atoms. The number of hydrogen-bond donors (Lipinski definition) is 1. The summed E-state index contributed by atoms with van der Waals surface area (Å²) >= 11 is 1.07. The van der Waals surface area contributed by atoms with Crippen molar-refractivity contribution in [2.45, 2.75) is 20.0 Å². The fourth-order valence-electron chi connectivity index (χ4n) is 2.35. The van der Waals surface area contributed by atoms with Gasteiger partial charge in [0.25, 0.3) is 5.91 Å². The summed E-state index contributed by atoms with van der Waals surface area (Å²) in [4.78, 5) is 24.4. The third kappa shape index (κ3) is 4.92. The van der Waals surface area contributed by atoms with Crippen LogP contribution < -0.4 is 10.1 Å². The Kier molecular flexibility index (Phi) is 6.33. The highest BCUT2D eigenvalue weighted by atomic mass is 32.1. The van der Waals surface area contributed by atoms with Crippen LogP contribution in [-0.4, -0.2) is 29.2 Å². The lowest BCUT2D eigenvalue weighted by molar-refractivity contribution is 0.0471. The molecule has 1 N–H and O–H groups in total. The first-order chi connectivity index (χ1) is 13.6. The van der Waals surface area contributed by atoms with E-state index in [1.165, 1.54) is 0 Å². The number of carbonyl (C=O) groups is 2. The summed E-state index contributed by atoms with van der Waals surface area (Å²) in [7, 11) is 1.57. The van der Waals surface area contributed by atoms with E-state index in [1.807, 2.05) is 19.1 Å². The van der Waals surface area contributed by atoms with Gasteiger partial charge in [0.1, 0.15) is 12.4 Å². The van der Waals surface area contributed by atoms with E-state index in [9.17, 15) is 9.59 Å². The quantitative estimate of drug-likeness (QED) is 0.611. The molecular weight excluding hydrogens is 378 g/mol. The van der Waals surface area contributed by atoms with Crippen LogP contribution in [0, 0.1) is 0 Å². The lowest BCUT2D eigenvalue weighted by Crippen LogP contribution is -2.11. The number of aryl methyl sites for hydroxylation is 1. The minimum Gasteiger partial charge on any atom is -0.497 e. The summed E-state index contributed by atoms with van der Waals surface area (Å²) in [5.74, 6) is -0.125. The van der Waals surface area contributed by atoms with E-state index in [4.69, 9.17) is 9.47 Å². The second-order valence-electron chi connectivity index (χ2n) is 5.81. The number of hydrogen-bond acceptors (Lipinski definition) is 7. The zero-order valence-electron chi connectivity index (χ0n) is 15.5. The maximum atomic E-state index is 12.3. The second-order valence-corrected chi connectivity index (χ2v) is 6.87. The molecule has 0 atom stereocenters. The number of esters is 1. The molecule has 3 aromatic rings. The molecule has 8 heteroatoms. The number of carbonyl (C=O) groups excluding carboxylic acids is 2. The second kappa shape index (κ2) is 9.09. The van der Waals surface area contributed by atoms with Gasteiger partial charge in [0, 0.05) is 5.69 Å². The van der Waals surface area contributed by atoms with Crippen LogP contribution in [0.1, 0.15) is 37.7 Å². The molecule has 0 aliphatic carbocycles. The van der Waals surface area contributed by atoms with Gasteiger partial charge in [0.05, 0.1) is 12.7 Å². The van der Waals surface area contributed by atoms with Gasteiger partial charge in [-0.2, -0.15) is 0 Å². The Morgan fingerprint density at radius 1 is 1.04 bits per heavy atom. The minimum atomic E-state index is -0.443. The molecule has 3 rings (SSSR count). The minimum absolute atomic E-state index is 0.0398. The summed E-state index contributed by atoms with van der Waals surface area (Å²) in [6.45, 7) is 2.01. The number of nitrogens with one attached hydrogen (secondary N) is 1. The number of aromatic nitrogens is 2. The average molecular weight is 397 g/mol. The number of benzene rings is 2. The van der Waals surface area contributed by atoms with E-state index in [0.717, 1.165) is 23.3 Å². The van der Waals surface area contributed by atoms with E-state index in [-0.39, 0.29) is 17.5 Å². The van der Waals surface area contributed by atoms with Gasteiger partial charge in [0.2, 0.25) is 5.01 Å². The predicted molar refractivity (Wildman–Crippen MR) is 106 cm³/mol. The first-order valence-electron chi connectivity index (χ1n) is 8.63. The smallest absolute Gasteiger partial charge is 0.338 e. The van der Waals surface area contributed by atoms with Crippen molar-refractivity contribution in [1.29, 1.82) is 0 Å². The summed E-state index contributed by atoms with van der Waals surface area (Å²) in [6, 6.07) is 14.2. The van der Waals surface area contributed by atoms with Gasteiger partial charge in [-0.1, -0.05) is 30.4 Å². The maximum absolute atomic E-state index is 12.3. The largest absolute Gasteiger partial charge is 0.497 e. The Morgan fingerprint density at radius 2 is 1.75 bits per heavy atom. The molecule has 0 saturated heterocycles. The monoisotopic (exact) mass is 397 g/mol. The molecule has 0 unspecified atom stereocenters. The van der Waals surface area contributed by atoms with Crippen LogP contribution in [0.5, 0.6) is 5.75 Å². The van der Waals surface area contributed by atoms with Crippen LogP contribution in [-0.2, 0) is 17.8 Å². The zero-order chi connectivity index (χ0) is 19.9. The number of amides is 1. The molecule has 1 amide bonds. The third-order valence-electron chi connectivity index (χ3n) is 3.93. The average Bonchev–Trinajstić information content (AvgIpc) is 3.22. The summed E-state index contributed by atoms with van der Waals surface area (Å²) < 4.78 is 10.3. The molecule has 0 aliphatic rings. The number of nitrogens with zero attached hydrogens (tertiary/aromatic N) is 2. The molecule has 7 nitrogen and oxygen atoms in total. The summed E-state index contributed by atoms with van der Waals surface area (Å²) in [5.41, 5.74) is 2.23. The van der Waals surface area contributed by atoms with Crippen LogP contribution in [0.4, 0.5) is 5.69 Å². The normalized spacial score (nSPS) is 10.4. The van der Waals surface area contributed by atoms with Crippen LogP contribution >= 0.6 is 11.3 Å². The Hall–Kier alpha value is -3.26. The fraction of sp³-hybridized carbons (Fsp3) is 0.200. The maximum Gasteiger partial charge on any atom is 0.338 e. The van der Waals surface area contributed by atoms with Crippen LogP contribution in [0.2, 0.25) is 0 Å². The van der Waals surface area contributed by atoms with E-state index in [0.29, 0.717) is 22.0 Å². The number of ether oxygens (including phenoxy) is 2. The van der Waals surface area contributed by atoms with Crippen molar-refractivity contribution in [3.8, 4) is 5.75 Å². The van der Waals surface area contributed by atoms with Gasteiger partial charge in [-0.25, -0.2) is 4.79 Å². The molecular formula is C20H19N3O4S. The van der Waals surface area contributed by atoms with Gasteiger partial charge in [0.15, 0.2) is 5.01 Å². The van der Waals surface area contributed by atoms with Gasteiger partial charge < -0.3 is 14.8 Å². The molecule has 144 valence electrons. The molecule has 0 aliphatic heterocycles. The molecule has 0 saturated carbocycles. The molecule has 0 bridgehead atoms. The van der Waals surface area contributed by atoms with E-state index in [2.05, 4.69) is 15.5 Å². The first-order valence-corrected chi connectivity index (χ1v) is 9.44. The van der Waals surface area contributed by atoms with Crippen molar-refractivity contribution in [1.82, 2.24) is 10.2 Å². The van der Waals surface area contributed by atoms with Crippen molar-refractivity contribution in [3.63, 3.8) is 0 Å². The van der Waals surface area contributed by atoms with Crippen molar-refractivity contribution in [2.24, 2.45) is 0 Å². The number of anilines is 1. The Balaban J connectivity index is 1.55. The van der Waals surface area contributed by atoms with Gasteiger partial charge in [-0.05, 0) is 48.4 Å². The SMILES string of the molecule is CCc1ccc(C(=O)OCc2nnc(C(=O)Nc3ccc(OC)cc3)s2)cc1. The highest BCUT2D eigenvalue weighted by Gasteiger charge is 2.15. The molecule has 0 spiro atoms. The van der Waals surface area contributed by atoms with Crippen LogP contribution in [0.25, 0.3) is 0 Å². The van der Waals surface area contributed by atoms with Gasteiger partial charge in [-0.3, -0.25) is 4.79 Å². The molecule has 2 aromatic carbocycles. The van der Waals surface area contributed by atoms with Crippen molar-refractivity contribution >= 4 is 28.9 Å². The predicted octanol–water partition coefficient (Wildman–Crippen LogP) is 3.72. The van der Waals surface area contributed by atoms with E-state index >= 15 is 0 Å².